The molecule has 0 fully saturated rings. The summed E-state index contributed by atoms with van der Waals surface area (Å²) in [5.41, 5.74) is 2.58. The van der Waals surface area contributed by atoms with E-state index in [0.29, 0.717) is 6.04 Å². The molecule has 0 unspecified atom stereocenters. The van der Waals surface area contributed by atoms with E-state index in [0.717, 1.165) is 13.1 Å². The monoisotopic (exact) mass is 234 g/mol. The van der Waals surface area contributed by atoms with Crippen LogP contribution in [-0.4, -0.2) is 30.6 Å². The summed E-state index contributed by atoms with van der Waals surface area (Å²) in [7, 11) is 0. The van der Waals surface area contributed by atoms with E-state index in [1.807, 2.05) is 0 Å². The predicted octanol–water partition coefficient (Wildman–Crippen LogP) is 3.53. The maximum absolute atomic E-state index is 3.52. The molecule has 0 aliphatic rings. The quantitative estimate of drug-likeness (QED) is 0.776. The zero-order valence-electron chi connectivity index (χ0n) is 11.7. The Bertz CT molecular complexity index is 320. The van der Waals surface area contributed by atoms with Crippen molar-refractivity contribution in [1.29, 1.82) is 0 Å². The molecular formula is C15H26N2. The van der Waals surface area contributed by atoms with Crippen LogP contribution in [0.4, 0.5) is 5.69 Å². The fourth-order valence-electron chi connectivity index (χ4n) is 2.02. The van der Waals surface area contributed by atoms with Crippen LogP contribution < -0.4 is 5.32 Å². The molecule has 96 valence electrons. The van der Waals surface area contributed by atoms with E-state index in [4.69, 9.17) is 0 Å². The van der Waals surface area contributed by atoms with E-state index in [-0.39, 0.29) is 0 Å². The van der Waals surface area contributed by atoms with Gasteiger partial charge in [-0.25, -0.2) is 0 Å². The number of aryl methyl sites for hydroxylation is 1. The molecular weight excluding hydrogens is 208 g/mol. The highest BCUT2D eigenvalue weighted by molar-refractivity contribution is 5.50. The van der Waals surface area contributed by atoms with Gasteiger partial charge in [0, 0.05) is 24.8 Å². The Morgan fingerprint density at radius 2 is 1.88 bits per heavy atom. The Hall–Kier alpha value is -1.02. The molecule has 2 heteroatoms. The van der Waals surface area contributed by atoms with E-state index in [1.165, 1.54) is 24.2 Å². The smallest absolute Gasteiger partial charge is 0.0370 e. The van der Waals surface area contributed by atoms with E-state index < -0.39 is 0 Å². The molecule has 0 aromatic heterocycles. The molecule has 0 saturated heterocycles. The van der Waals surface area contributed by atoms with Crippen molar-refractivity contribution < 1.29 is 0 Å². The van der Waals surface area contributed by atoms with Crippen LogP contribution in [0.1, 0.15) is 32.8 Å². The number of hydrogen-bond donors (Lipinski definition) is 1. The molecule has 2 nitrogen and oxygen atoms in total. The molecule has 0 amide bonds. The maximum Gasteiger partial charge on any atom is 0.0370 e. The number of anilines is 1. The van der Waals surface area contributed by atoms with Crippen molar-refractivity contribution in [2.24, 2.45) is 0 Å². The van der Waals surface area contributed by atoms with Gasteiger partial charge in [-0.2, -0.15) is 0 Å². The number of rotatable bonds is 7. The summed E-state index contributed by atoms with van der Waals surface area (Å²) in [5, 5.41) is 3.52. The Morgan fingerprint density at radius 3 is 2.47 bits per heavy atom. The zero-order valence-corrected chi connectivity index (χ0v) is 11.7. The van der Waals surface area contributed by atoms with Crippen LogP contribution in [0, 0.1) is 6.92 Å². The van der Waals surface area contributed by atoms with Gasteiger partial charge in [-0.3, -0.25) is 4.90 Å². The first kappa shape index (κ1) is 14.0. The molecule has 0 aliphatic heterocycles. The minimum Gasteiger partial charge on any atom is -0.384 e. The van der Waals surface area contributed by atoms with Gasteiger partial charge in [0.1, 0.15) is 0 Å². The van der Waals surface area contributed by atoms with E-state index in [1.54, 1.807) is 0 Å². The van der Waals surface area contributed by atoms with Crippen LogP contribution in [0.3, 0.4) is 0 Å². The zero-order chi connectivity index (χ0) is 12.7. The van der Waals surface area contributed by atoms with Gasteiger partial charge < -0.3 is 5.32 Å². The van der Waals surface area contributed by atoms with Crippen LogP contribution in [0.15, 0.2) is 24.3 Å². The summed E-state index contributed by atoms with van der Waals surface area (Å²) < 4.78 is 0. The fourth-order valence-corrected chi connectivity index (χ4v) is 2.02. The SMILES string of the molecule is CCCN(CCNc1ccccc1C)C(C)C. The van der Waals surface area contributed by atoms with Gasteiger partial charge in [-0.15, -0.1) is 0 Å². The van der Waals surface area contributed by atoms with Crippen molar-refractivity contribution in [3.8, 4) is 0 Å². The molecule has 1 rings (SSSR count). The summed E-state index contributed by atoms with van der Waals surface area (Å²) in [6.45, 7) is 12.2. The van der Waals surface area contributed by atoms with Crippen LogP contribution in [-0.2, 0) is 0 Å². The minimum atomic E-state index is 0.633. The number of benzene rings is 1. The van der Waals surface area contributed by atoms with Crippen LogP contribution in [0.2, 0.25) is 0 Å². The second kappa shape index (κ2) is 7.33. The normalized spacial score (nSPS) is 11.2. The lowest BCUT2D eigenvalue weighted by molar-refractivity contribution is 0.231. The third kappa shape index (κ3) is 4.78. The van der Waals surface area contributed by atoms with Gasteiger partial charge in [0.15, 0.2) is 0 Å². The summed E-state index contributed by atoms with van der Waals surface area (Å²) in [4.78, 5) is 2.52. The molecule has 1 N–H and O–H groups in total. The topological polar surface area (TPSA) is 15.3 Å². The summed E-state index contributed by atoms with van der Waals surface area (Å²) in [5.74, 6) is 0. The number of nitrogens with one attached hydrogen (secondary N) is 1. The third-order valence-corrected chi connectivity index (χ3v) is 3.10. The van der Waals surface area contributed by atoms with Crippen LogP contribution in [0.5, 0.6) is 0 Å². The number of nitrogens with zero attached hydrogens (tertiary/aromatic N) is 1. The Kier molecular flexibility index (Phi) is 6.06. The Labute approximate surface area is 106 Å². The molecule has 17 heavy (non-hydrogen) atoms. The summed E-state index contributed by atoms with van der Waals surface area (Å²) in [6, 6.07) is 9.09. The van der Waals surface area contributed by atoms with Crippen molar-refractivity contribution in [2.75, 3.05) is 25.0 Å². The highest BCUT2D eigenvalue weighted by Crippen LogP contribution is 2.12. The van der Waals surface area contributed by atoms with Gasteiger partial charge in [-0.1, -0.05) is 25.1 Å². The lowest BCUT2D eigenvalue weighted by atomic mass is 10.2. The molecule has 0 radical (unpaired) electrons. The second-order valence-corrected chi connectivity index (χ2v) is 4.87. The van der Waals surface area contributed by atoms with Gasteiger partial charge in [0.05, 0.1) is 0 Å². The number of para-hydroxylation sites is 1. The molecule has 0 aliphatic carbocycles. The minimum absolute atomic E-state index is 0.633. The van der Waals surface area contributed by atoms with Crippen LogP contribution in [0.25, 0.3) is 0 Å². The standard InChI is InChI=1S/C15H26N2/c1-5-11-17(13(2)3)12-10-16-15-9-7-6-8-14(15)4/h6-9,13,16H,5,10-12H2,1-4H3. The average molecular weight is 234 g/mol. The lowest BCUT2D eigenvalue weighted by Crippen LogP contribution is -2.35. The van der Waals surface area contributed by atoms with Crippen molar-refractivity contribution >= 4 is 5.69 Å². The molecule has 0 spiro atoms. The molecule has 0 heterocycles. The summed E-state index contributed by atoms with van der Waals surface area (Å²) >= 11 is 0. The first-order chi connectivity index (χ1) is 8.15. The van der Waals surface area contributed by atoms with Gasteiger partial charge >= 0.3 is 0 Å². The van der Waals surface area contributed by atoms with Crippen LogP contribution >= 0.6 is 0 Å². The van der Waals surface area contributed by atoms with E-state index >= 15 is 0 Å². The maximum atomic E-state index is 3.52. The predicted molar refractivity (Wildman–Crippen MR) is 76.7 cm³/mol. The van der Waals surface area contributed by atoms with Crippen molar-refractivity contribution in [2.45, 2.75) is 40.2 Å². The molecule has 0 bridgehead atoms. The van der Waals surface area contributed by atoms with Crippen molar-refractivity contribution in [1.82, 2.24) is 4.90 Å². The first-order valence-corrected chi connectivity index (χ1v) is 6.68. The first-order valence-electron chi connectivity index (χ1n) is 6.68. The fraction of sp³-hybridized carbons (Fsp3) is 0.600. The number of hydrogen-bond acceptors (Lipinski definition) is 2. The molecule has 1 aromatic carbocycles. The van der Waals surface area contributed by atoms with Gasteiger partial charge in [0.25, 0.3) is 0 Å². The highest BCUT2D eigenvalue weighted by atomic mass is 15.2. The van der Waals surface area contributed by atoms with Crippen molar-refractivity contribution in [3.63, 3.8) is 0 Å². The summed E-state index contributed by atoms with van der Waals surface area (Å²) in [6.07, 6.45) is 1.22. The van der Waals surface area contributed by atoms with E-state index in [9.17, 15) is 0 Å². The Balaban J connectivity index is 2.38. The molecule has 1 aromatic rings. The highest BCUT2D eigenvalue weighted by Gasteiger charge is 2.07. The third-order valence-electron chi connectivity index (χ3n) is 3.10. The van der Waals surface area contributed by atoms with E-state index in [2.05, 4.69) is 62.2 Å². The average Bonchev–Trinajstić information content (AvgIpc) is 2.30. The van der Waals surface area contributed by atoms with Crippen molar-refractivity contribution in [3.05, 3.63) is 29.8 Å². The second-order valence-electron chi connectivity index (χ2n) is 4.87. The largest absolute Gasteiger partial charge is 0.384 e. The lowest BCUT2D eigenvalue weighted by Gasteiger charge is -2.26. The van der Waals surface area contributed by atoms with Gasteiger partial charge in [0.2, 0.25) is 0 Å². The molecule has 0 saturated carbocycles. The van der Waals surface area contributed by atoms with Gasteiger partial charge in [-0.05, 0) is 45.4 Å². The molecule has 0 atom stereocenters. The Morgan fingerprint density at radius 1 is 1.18 bits per heavy atom.